The minimum Gasteiger partial charge on any atom is -0.343 e. The summed E-state index contributed by atoms with van der Waals surface area (Å²) in [6.07, 6.45) is 3.36. The normalized spacial score (nSPS) is 12.0. The Kier molecular flexibility index (Phi) is 5.41. The van der Waals surface area contributed by atoms with Crippen molar-refractivity contribution in [3.05, 3.63) is 65.8 Å². The number of pyridine rings is 1. The molecule has 0 spiro atoms. The highest BCUT2D eigenvalue weighted by Gasteiger charge is 2.19. The molecule has 26 heavy (non-hydrogen) atoms. The van der Waals surface area contributed by atoms with Gasteiger partial charge in [0.1, 0.15) is 5.69 Å². The van der Waals surface area contributed by atoms with Crippen LogP contribution in [0, 0.1) is 0 Å². The molecular formula is C20H22N4O2. The molecule has 0 saturated carbocycles. The smallest absolute Gasteiger partial charge is 0.271 e. The molecule has 0 saturated heterocycles. The molecular weight excluding hydrogens is 328 g/mol. The molecule has 0 aliphatic carbocycles. The molecule has 2 aromatic heterocycles. The Labute approximate surface area is 152 Å². The van der Waals surface area contributed by atoms with Gasteiger partial charge in [0, 0.05) is 31.8 Å². The minimum absolute atomic E-state index is 0.140. The molecule has 1 amide bonds. The average molecular weight is 350 g/mol. The number of nitrogens with zero attached hydrogens (tertiary/aromatic N) is 4. The second-order valence-corrected chi connectivity index (χ2v) is 6.38. The Bertz CT molecular complexity index is 857. The lowest BCUT2D eigenvalue weighted by Gasteiger charge is -2.09. The van der Waals surface area contributed by atoms with Crippen LogP contribution in [0.5, 0.6) is 0 Å². The molecule has 0 N–H and O–H groups in total. The van der Waals surface area contributed by atoms with Gasteiger partial charge in [-0.05, 0) is 30.5 Å². The first kappa shape index (κ1) is 17.8. The van der Waals surface area contributed by atoms with Gasteiger partial charge in [0.15, 0.2) is 0 Å². The Morgan fingerprint density at radius 3 is 2.54 bits per heavy atom. The van der Waals surface area contributed by atoms with Gasteiger partial charge in [-0.25, -0.2) is 0 Å². The molecule has 0 aliphatic rings. The van der Waals surface area contributed by atoms with Crippen LogP contribution < -0.4 is 0 Å². The highest BCUT2D eigenvalue weighted by atomic mass is 16.5. The monoisotopic (exact) mass is 350 g/mol. The molecule has 3 rings (SSSR count). The lowest BCUT2D eigenvalue weighted by molar-refractivity contribution is 0.0822. The summed E-state index contributed by atoms with van der Waals surface area (Å²) >= 11 is 0. The molecule has 0 fully saturated rings. The number of hydrogen-bond acceptors (Lipinski definition) is 5. The summed E-state index contributed by atoms with van der Waals surface area (Å²) in [5.41, 5.74) is 2.36. The van der Waals surface area contributed by atoms with E-state index < -0.39 is 0 Å². The Balaban J connectivity index is 1.77. The molecule has 6 nitrogen and oxygen atoms in total. The second-order valence-electron chi connectivity index (χ2n) is 6.38. The zero-order valence-electron chi connectivity index (χ0n) is 15.2. The summed E-state index contributed by atoms with van der Waals surface area (Å²) in [5, 5.41) is 4.09. The van der Waals surface area contributed by atoms with Crippen LogP contribution in [0.4, 0.5) is 0 Å². The third kappa shape index (κ3) is 3.96. The molecule has 0 bridgehead atoms. The van der Waals surface area contributed by atoms with Gasteiger partial charge in [0.25, 0.3) is 5.91 Å². The van der Waals surface area contributed by atoms with Crippen LogP contribution >= 0.6 is 0 Å². The predicted molar refractivity (Wildman–Crippen MR) is 98.7 cm³/mol. The van der Waals surface area contributed by atoms with Crippen molar-refractivity contribution in [2.45, 2.75) is 25.7 Å². The number of hydrogen-bond donors (Lipinski definition) is 0. The van der Waals surface area contributed by atoms with Gasteiger partial charge in [-0.15, -0.1) is 0 Å². The quantitative estimate of drug-likeness (QED) is 0.679. The van der Waals surface area contributed by atoms with Crippen LogP contribution in [0.2, 0.25) is 0 Å². The number of carbonyl (C=O) groups excluding carboxylic acids is 1. The van der Waals surface area contributed by atoms with E-state index in [9.17, 15) is 4.79 Å². The van der Waals surface area contributed by atoms with Gasteiger partial charge in [0.2, 0.25) is 11.7 Å². The first-order valence-corrected chi connectivity index (χ1v) is 8.64. The SMILES string of the molecule is CCC(Cc1ccccc1)c1nc(-c2ccc(C(=O)N(C)C)nc2)no1. The fourth-order valence-electron chi connectivity index (χ4n) is 2.70. The van der Waals surface area contributed by atoms with E-state index in [4.69, 9.17) is 4.52 Å². The molecule has 1 aromatic carbocycles. The van der Waals surface area contributed by atoms with Crippen LogP contribution in [0.25, 0.3) is 11.4 Å². The largest absolute Gasteiger partial charge is 0.343 e. The van der Waals surface area contributed by atoms with Gasteiger partial charge in [0.05, 0.1) is 0 Å². The van der Waals surface area contributed by atoms with Gasteiger partial charge in [-0.1, -0.05) is 42.4 Å². The zero-order valence-corrected chi connectivity index (χ0v) is 15.2. The summed E-state index contributed by atoms with van der Waals surface area (Å²) in [4.78, 5) is 22.2. The van der Waals surface area contributed by atoms with Crippen LogP contribution in [0.1, 0.15) is 41.2 Å². The predicted octanol–water partition coefficient (Wildman–Crippen LogP) is 3.57. The third-order valence-corrected chi connectivity index (χ3v) is 4.26. The lowest BCUT2D eigenvalue weighted by atomic mass is 9.97. The van der Waals surface area contributed by atoms with Crippen molar-refractivity contribution < 1.29 is 9.32 Å². The average Bonchev–Trinajstić information content (AvgIpc) is 3.16. The van der Waals surface area contributed by atoms with Crippen molar-refractivity contribution in [3.63, 3.8) is 0 Å². The van der Waals surface area contributed by atoms with Crippen molar-refractivity contribution in [3.8, 4) is 11.4 Å². The summed E-state index contributed by atoms with van der Waals surface area (Å²) in [6.45, 7) is 2.11. The van der Waals surface area contributed by atoms with Crippen molar-refractivity contribution in [1.29, 1.82) is 0 Å². The topological polar surface area (TPSA) is 72.1 Å². The van der Waals surface area contributed by atoms with E-state index in [1.807, 2.05) is 18.2 Å². The van der Waals surface area contributed by atoms with E-state index in [-0.39, 0.29) is 11.8 Å². The number of benzene rings is 1. The molecule has 1 atom stereocenters. The summed E-state index contributed by atoms with van der Waals surface area (Å²) < 4.78 is 5.50. The number of carbonyl (C=O) groups is 1. The van der Waals surface area contributed by atoms with E-state index in [1.165, 1.54) is 10.5 Å². The summed E-state index contributed by atoms with van der Waals surface area (Å²) in [7, 11) is 3.39. The standard InChI is InChI=1S/C20H22N4O2/c1-4-15(12-14-8-6-5-7-9-14)19-22-18(23-26-19)16-10-11-17(21-13-16)20(25)24(2)3/h5-11,13,15H,4,12H2,1-3H3. The maximum absolute atomic E-state index is 11.9. The highest BCUT2D eigenvalue weighted by Crippen LogP contribution is 2.25. The van der Waals surface area contributed by atoms with Crippen molar-refractivity contribution in [2.75, 3.05) is 14.1 Å². The molecule has 1 unspecified atom stereocenters. The van der Waals surface area contributed by atoms with E-state index in [1.54, 1.807) is 32.4 Å². The van der Waals surface area contributed by atoms with Gasteiger partial charge >= 0.3 is 0 Å². The Morgan fingerprint density at radius 2 is 1.92 bits per heavy atom. The highest BCUT2D eigenvalue weighted by molar-refractivity contribution is 5.92. The van der Waals surface area contributed by atoms with Gasteiger partial charge < -0.3 is 9.42 Å². The van der Waals surface area contributed by atoms with E-state index >= 15 is 0 Å². The van der Waals surface area contributed by atoms with E-state index in [2.05, 4.69) is 34.2 Å². The molecule has 6 heteroatoms. The number of aromatic nitrogens is 3. The molecule has 2 heterocycles. The number of amides is 1. The fraction of sp³-hybridized carbons (Fsp3) is 0.300. The fourth-order valence-corrected chi connectivity index (χ4v) is 2.70. The van der Waals surface area contributed by atoms with Crippen molar-refractivity contribution in [2.24, 2.45) is 0 Å². The van der Waals surface area contributed by atoms with Gasteiger partial charge in [-0.3, -0.25) is 9.78 Å². The summed E-state index contributed by atoms with van der Waals surface area (Å²) in [6, 6.07) is 13.7. The molecule has 0 aliphatic heterocycles. The van der Waals surface area contributed by atoms with Crippen LogP contribution in [-0.2, 0) is 6.42 Å². The van der Waals surface area contributed by atoms with E-state index in [0.29, 0.717) is 17.4 Å². The second kappa shape index (κ2) is 7.91. The lowest BCUT2D eigenvalue weighted by Crippen LogP contribution is -2.22. The maximum atomic E-state index is 11.9. The van der Waals surface area contributed by atoms with Crippen LogP contribution in [0.15, 0.2) is 53.2 Å². The Morgan fingerprint density at radius 1 is 1.15 bits per heavy atom. The van der Waals surface area contributed by atoms with Crippen LogP contribution in [0.3, 0.4) is 0 Å². The number of rotatable bonds is 6. The first-order chi connectivity index (χ1) is 12.6. The third-order valence-electron chi connectivity index (χ3n) is 4.26. The maximum Gasteiger partial charge on any atom is 0.271 e. The van der Waals surface area contributed by atoms with Crippen molar-refractivity contribution >= 4 is 5.91 Å². The van der Waals surface area contributed by atoms with Crippen LogP contribution in [-0.4, -0.2) is 40.0 Å². The molecule has 3 aromatic rings. The molecule has 0 radical (unpaired) electrons. The van der Waals surface area contributed by atoms with Crippen molar-refractivity contribution in [1.82, 2.24) is 20.0 Å². The summed E-state index contributed by atoms with van der Waals surface area (Å²) in [5.74, 6) is 1.14. The first-order valence-electron chi connectivity index (χ1n) is 8.64. The van der Waals surface area contributed by atoms with Gasteiger partial charge in [-0.2, -0.15) is 4.98 Å². The Hall–Kier alpha value is -3.02. The molecule has 134 valence electrons. The zero-order chi connectivity index (χ0) is 18.5. The van der Waals surface area contributed by atoms with E-state index in [0.717, 1.165) is 18.4 Å². The minimum atomic E-state index is -0.140.